The summed E-state index contributed by atoms with van der Waals surface area (Å²) in [4.78, 5) is 12.5. The molecule has 1 amide bonds. The molecule has 2 aromatic carbocycles. The van der Waals surface area contributed by atoms with Crippen LogP contribution in [0.15, 0.2) is 71.8 Å². The second kappa shape index (κ2) is 10.5. The molecular weight excluding hydrogens is 438 g/mol. The van der Waals surface area contributed by atoms with Crippen LogP contribution in [0.5, 0.6) is 0 Å². The van der Waals surface area contributed by atoms with E-state index in [9.17, 15) is 13.2 Å². The predicted molar refractivity (Wildman–Crippen MR) is 127 cm³/mol. The molecule has 2 heterocycles. The third kappa shape index (κ3) is 6.15. The topological polar surface area (TPSA) is 97.2 Å². The number of benzene rings is 2. The monoisotopic (exact) mass is 465 g/mol. The van der Waals surface area contributed by atoms with Gasteiger partial charge in [-0.1, -0.05) is 48.4 Å². The molecule has 1 saturated heterocycles. The zero-order valence-corrected chi connectivity index (χ0v) is 19.1. The molecule has 1 N–H and O–H groups in total. The molecule has 0 unspecified atom stereocenters. The lowest BCUT2D eigenvalue weighted by Gasteiger charge is -2.20. The summed E-state index contributed by atoms with van der Waals surface area (Å²) < 4.78 is 29.0. The first-order valence-corrected chi connectivity index (χ1v) is 12.5. The lowest BCUT2D eigenvalue weighted by molar-refractivity contribution is -0.111. The third-order valence-electron chi connectivity index (χ3n) is 5.47. The van der Waals surface area contributed by atoms with Gasteiger partial charge in [-0.3, -0.25) is 4.79 Å². The minimum atomic E-state index is -3.51. The molecule has 1 aliphatic rings. The third-order valence-corrected chi connectivity index (χ3v) is 7.39. The fourth-order valence-corrected chi connectivity index (χ4v) is 5.24. The van der Waals surface area contributed by atoms with Crippen LogP contribution in [0.4, 0.5) is 5.69 Å². The Kier molecular flexibility index (Phi) is 7.31. The van der Waals surface area contributed by atoms with Crippen LogP contribution in [0.25, 0.3) is 6.08 Å². The van der Waals surface area contributed by atoms with E-state index in [0.717, 1.165) is 31.2 Å². The number of nitrogens with zero attached hydrogens (tertiary/aromatic N) is 4. The van der Waals surface area contributed by atoms with Crippen molar-refractivity contribution >= 4 is 27.7 Å². The van der Waals surface area contributed by atoms with Gasteiger partial charge in [-0.2, -0.15) is 4.31 Å². The molecule has 33 heavy (non-hydrogen) atoms. The molecule has 1 fully saturated rings. The number of sulfonamides is 1. The van der Waals surface area contributed by atoms with Crippen molar-refractivity contribution in [3.63, 3.8) is 0 Å². The molecule has 4 rings (SSSR count). The number of carbonyl (C=O) groups is 1. The Morgan fingerprint density at radius 3 is 2.36 bits per heavy atom. The Morgan fingerprint density at radius 1 is 0.970 bits per heavy atom. The van der Waals surface area contributed by atoms with Crippen molar-refractivity contribution in [1.29, 1.82) is 0 Å². The van der Waals surface area contributed by atoms with E-state index in [1.165, 1.54) is 18.2 Å². The zero-order valence-electron chi connectivity index (χ0n) is 18.3. The van der Waals surface area contributed by atoms with Gasteiger partial charge in [0.15, 0.2) is 0 Å². The van der Waals surface area contributed by atoms with E-state index in [-0.39, 0.29) is 10.8 Å². The number of hydrogen-bond acceptors (Lipinski definition) is 5. The summed E-state index contributed by atoms with van der Waals surface area (Å²) in [5, 5.41) is 10.9. The lowest BCUT2D eigenvalue weighted by atomic mass is 10.2. The average Bonchev–Trinajstić information content (AvgIpc) is 3.07. The van der Waals surface area contributed by atoms with Crippen LogP contribution < -0.4 is 5.32 Å². The Hall–Kier alpha value is -3.30. The number of carbonyl (C=O) groups excluding carboxylic acids is 1. The fraction of sp³-hybridized carbons (Fsp3) is 0.292. The van der Waals surface area contributed by atoms with E-state index in [1.807, 2.05) is 30.3 Å². The molecule has 172 valence electrons. The highest BCUT2D eigenvalue weighted by Gasteiger charge is 2.24. The Labute approximate surface area is 194 Å². The smallest absolute Gasteiger partial charge is 0.248 e. The van der Waals surface area contributed by atoms with Gasteiger partial charge in [0.25, 0.3) is 0 Å². The number of hydrogen-bond donors (Lipinski definition) is 1. The summed E-state index contributed by atoms with van der Waals surface area (Å²) in [5.74, 6) is -0.337. The zero-order chi connectivity index (χ0) is 23.1. The van der Waals surface area contributed by atoms with E-state index >= 15 is 0 Å². The van der Waals surface area contributed by atoms with Crippen molar-refractivity contribution in [2.75, 3.05) is 18.4 Å². The molecule has 8 nitrogen and oxygen atoms in total. The van der Waals surface area contributed by atoms with Crippen LogP contribution in [0, 0.1) is 0 Å². The largest absolute Gasteiger partial charge is 0.323 e. The Balaban J connectivity index is 1.34. The highest BCUT2D eigenvalue weighted by molar-refractivity contribution is 7.89. The van der Waals surface area contributed by atoms with Gasteiger partial charge >= 0.3 is 0 Å². The SMILES string of the molecule is O=C(/C=C/c1cn(Cc2ccccc2)nn1)Nc1ccc(S(=O)(=O)N2CCCCCC2)cc1. The summed E-state index contributed by atoms with van der Waals surface area (Å²) in [6.45, 7) is 1.71. The maximum Gasteiger partial charge on any atom is 0.248 e. The van der Waals surface area contributed by atoms with E-state index in [4.69, 9.17) is 0 Å². The van der Waals surface area contributed by atoms with Crippen molar-refractivity contribution in [3.05, 3.63) is 78.1 Å². The molecule has 0 radical (unpaired) electrons. The van der Waals surface area contributed by atoms with Crippen molar-refractivity contribution in [1.82, 2.24) is 19.3 Å². The molecule has 0 aliphatic carbocycles. The molecule has 1 aliphatic heterocycles. The quantitative estimate of drug-likeness (QED) is 0.538. The van der Waals surface area contributed by atoms with Crippen molar-refractivity contribution in [2.24, 2.45) is 0 Å². The summed E-state index contributed by atoms with van der Waals surface area (Å²) in [5.41, 5.74) is 2.20. The summed E-state index contributed by atoms with van der Waals surface area (Å²) in [6, 6.07) is 16.2. The van der Waals surface area contributed by atoms with Crippen molar-refractivity contribution < 1.29 is 13.2 Å². The van der Waals surface area contributed by atoms with Crippen LogP contribution in [0.3, 0.4) is 0 Å². The summed E-state index contributed by atoms with van der Waals surface area (Å²) >= 11 is 0. The maximum absolute atomic E-state index is 12.9. The van der Waals surface area contributed by atoms with E-state index in [2.05, 4.69) is 15.6 Å². The van der Waals surface area contributed by atoms with E-state index < -0.39 is 10.0 Å². The average molecular weight is 466 g/mol. The maximum atomic E-state index is 12.9. The Bertz CT molecular complexity index is 1200. The first kappa shape index (κ1) is 22.9. The van der Waals surface area contributed by atoms with Gasteiger partial charge in [0, 0.05) is 24.9 Å². The number of rotatable bonds is 7. The molecule has 0 saturated carbocycles. The van der Waals surface area contributed by atoms with Gasteiger partial charge in [-0.15, -0.1) is 5.10 Å². The van der Waals surface area contributed by atoms with Crippen LogP contribution in [0.2, 0.25) is 0 Å². The van der Waals surface area contributed by atoms with Gasteiger partial charge < -0.3 is 5.32 Å². The first-order chi connectivity index (χ1) is 16.0. The predicted octanol–water partition coefficient (Wildman–Crippen LogP) is 3.54. The van der Waals surface area contributed by atoms with Crippen LogP contribution >= 0.6 is 0 Å². The molecule has 9 heteroatoms. The number of anilines is 1. The van der Waals surface area contributed by atoms with Crippen LogP contribution in [-0.2, 0) is 21.4 Å². The fourth-order valence-electron chi connectivity index (χ4n) is 3.72. The van der Waals surface area contributed by atoms with Crippen molar-refractivity contribution in [3.8, 4) is 0 Å². The molecule has 3 aromatic rings. The van der Waals surface area contributed by atoms with E-state index in [1.54, 1.807) is 33.4 Å². The molecule has 0 spiro atoms. The number of amides is 1. The first-order valence-electron chi connectivity index (χ1n) is 11.0. The van der Waals surface area contributed by atoms with Gasteiger partial charge in [-0.05, 0) is 48.7 Å². The Morgan fingerprint density at radius 2 is 1.67 bits per heavy atom. The van der Waals surface area contributed by atoms with Crippen molar-refractivity contribution in [2.45, 2.75) is 37.1 Å². The normalized spacial score (nSPS) is 15.4. The molecule has 1 aromatic heterocycles. The summed E-state index contributed by atoms with van der Waals surface area (Å²) in [7, 11) is -3.51. The molecular formula is C24H27N5O3S. The van der Waals surface area contributed by atoms with Gasteiger partial charge in [0.1, 0.15) is 5.69 Å². The van der Waals surface area contributed by atoms with Crippen LogP contribution in [-0.4, -0.2) is 46.7 Å². The van der Waals surface area contributed by atoms with Gasteiger partial charge in [-0.25, -0.2) is 13.1 Å². The highest BCUT2D eigenvalue weighted by atomic mass is 32.2. The molecule has 0 atom stereocenters. The van der Waals surface area contributed by atoms with Gasteiger partial charge in [0.2, 0.25) is 15.9 Å². The lowest BCUT2D eigenvalue weighted by Crippen LogP contribution is -2.31. The summed E-state index contributed by atoms with van der Waals surface area (Å²) in [6.07, 6.45) is 8.63. The number of aromatic nitrogens is 3. The minimum absolute atomic E-state index is 0.243. The minimum Gasteiger partial charge on any atom is -0.323 e. The standard InChI is InChI=1S/C24H27N5O3S/c30-24(15-12-22-19-28(27-26-22)18-20-8-4-3-5-9-20)25-21-10-13-23(14-11-21)33(31,32)29-16-6-1-2-7-17-29/h3-5,8-15,19H,1-2,6-7,16-18H2,(H,25,30)/b15-12+. The number of nitrogens with one attached hydrogen (secondary N) is 1. The van der Waals surface area contributed by atoms with Crippen LogP contribution in [0.1, 0.15) is 36.9 Å². The molecule has 0 bridgehead atoms. The highest BCUT2D eigenvalue weighted by Crippen LogP contribution is 2.21. The second-order valence-corrected chi connectivity index (χ2v) is 9.93. The van der Waals surface area contributed by atoms with Gasteiger partial charge in [0.05, 0.1) is 17.6 Å². The van der Waals surface area contributed by atoms with E-state index in [0.29, 0.717) is 31.0 Å². The second-order valence-electron chi connectivity index (χ2n) is 7.99.